The number of hydrogen-bond donors (Lipinski definition) is 1. The molecule has 0 aliphatic carbocycles. The van der Waals surface area contributed by atoms with Crippen LogP contribution in [0.5, 0.6) is 0 Å². The molecule has 1 N–H and O–H groups in total. The van der Waals surface area contributed by atoms with E-state index in [1.807, 2.05) is 0 Å². The lowest BCUT2D eigenvalue weighted by molar-refractivity contribution is 0.166. The molecule has 0 aromatic carbocycles. The van der Waals surface area contributed by atoms with Crippen LogP contribution in [0.4, 0.5) is 0 Å². The minimum absolute atomic E-state index is 0.252. The first kappa shape index (κ1) is 10.2. The molecule has 1 saturated heterocycles. The van der Waals surface area contributed by atoms with Crippen LogP contribution >= 0.6 is 15.9 Å². The first-order chi connectivity index (χ1) is 5.52. The summed E-state index contributed by atoms with van der Waals surface area (Å²) in [6.07, 6.45) is 0. The molecule has 1 unspecified atom stereocenters. The van der Waals surface area contributed by atoms with Crippen molar-refractivity contribution >= 4 is 15.9 Å². The van der Waals surface area contributed by atoms with Crippen LogP contribution in [0.2, 0.25) is 0 Å². The molecule has 1 atom stereocenters. The van der Waals surface area contributed by atoms with Crippen LogP contribution in [0.1, 0.15) is 13.8 Å². The van der Waals surface area contributed by atoms with Crippen molar-refractivity contribution in [3.8, 4) is 0 Å². The molecular weight excluding hydrogens is 218 g/mol. The lowest BCUT2D eigenvalue weighted by atomic mass is 9.88. The van der Waals surface area contributed by atoms with E-state index in [0.717, 1.165) is 24.2 Å². The summed E-state index contributed by atoms with van der Waals surface area (Å²) in [7, 11) is 0. The van der Waals surface area contributed by atoms with Gasteiger partial charge in [0.2, 0.25) is 0 Å². The van der Waals surface area contributed by atoms with Gasteiger partial charge >= 0.3 is 0 Å². The summed E-state index contributed by atoms with van der Waals surface area (Å²) in [6.45, 7) is 10.7. The standard InChI is InChI=1S/C9H16BrNO/c1-7(10)4-11-8-5-12-6-9(8,2)3/h8,11H,1,4-6H2,2-3H3. The summed E-state index contributed by atoms with van der Waals surface area (Å²) < 4.78 is 6.39. The largest absolute Gasteiger partial charge is 0.379 e. The zero-order valence-electron chi connectivity index (χ0n) is 7.69. The summed E-state index contributed by atoms with van der Waals surface area (Å²) in [5, 5.41) is 3.40. The number of hydrogen-bond acceptors (Lipinski definition) is 2. The second-order valence-corrected chi connectivity index (χ2v) is 5.08. The maximum Gasteiger partial charge on any atom is 0.0626 e. The highest BCUT2D eigenvalue weighted by Gasteiger charge is 2.34. The summed E-state index contributed by atoms with van der Waals surface area (Å²) in [4.78, 5) is 0. The molecule has 0 amide bonds. The molecule has 0 spiro atoms. The van der Waals surface area contributed by atoms with Crippen molar-refractivity contribution in [2.45, 2.75) is 19.9 Å². The molecule has 0 bridgehead atoms. The van der Waals surface area contributed by atoms with E-state index in [1.165, 1.54) is 0 Å². The second kappa shape index (κ2) is 3.90. The van der Waals surface area contributed by atoms with Crippen LogP contribution in [0.25, 0.3) is 0 Å². The topological polar surface area (TPSA) is 21.3 Å². The molecule has 1 heterocycles. The molecule has 1 fully saturated rings. The van der Waals surface area contributed by atoms with E-state index in [9.17, 15) is 0 Å². The molecule has 1 aliphatic heterocycles. The Balaban J connectivity index is 2.36. The predicted molar refractivity (Wildman–Crippen MR) is 54.5 cm³/mol. The van der Waals surface area contributed by atoms with Crippen molar-refractivity contribution < 1.29 is 4.74 Å². The van der Waals surface area contributed by atoms with Gasteiger partial charge in [0.25, 0.3) is 0 Å². The molecule has 3 heteroatoms. The molecule has 0 radical (unpaired) electrons. The summed E-state index contributed by atoms with van der Waals surface area (Å²) in [5.41, 5.74) is 0.252. The fraction of sp³-hybridized carbons (Fsp3) is 0.778. The third kappa shape index (κ3) is 2.57. The Kier molecular flexibility index (Phi) is 3.32. The van der Waals surface area contributed by atoms with E-state index in [-0.39, 0.29) is 5.41 Å². The average Bonchev–Trinajstić information content (AvgIpc) is 2.25. The van der Waals surface area contributed by atoms with Gasteiger partial charge in [-0.15, -0.1) is 0 Å². The molecule has 2 nitrogen and oxygen atoms in total. The smallest absolute Gasteiger partial charge is 0.0626 e. The van der Waals surface area contributed by atoms with Gasteiger partial charge in [-0.2, -0.15) is 0 Å². The Bertz CT molecular complexity index is 179. The van der Waals surface area contributed by atoms with Crippen molar-refractivity contribution in [2.24, 2.45) is 5.41 Å². The SMILES string of the molecule is C=C(Br)CNC1COCC1(C)C. The lowest BCUT2D eigenvalue weighted by Crippen LogP contribution is -2.41. The van der Waals surface area contributed by atoms with Gasteiger partial charge in [-0.3, -0.25) is 0 Å². The van der Waals surface area contributed by atoms with Crippen LogP contribution in [-0.2, 0) is 4.74 Å². The zero-order valence-corrected chi connectivity index (χ0v) is 9.28. The molecular formula is C9H16BrNO. The minimum atomic E-state index is 0.252. The van der Waals surface area contributed by atoms with E-state index >= 15 is 0 Å². The monoisotopic (exact) mass is 233 g/mol. The molecule has 70 valence electrons. The quantitative estimate of drug-likeness (QED) is 0.805. The Hall–Kier alpha value is 0.140. The maximum absolute atomic E-state index is 5.40. The summed E-state index contributed by atoms with van der Waals surface area (Å²) in [6, 6.07) is 0.451. The Morgan fingerprint density at radius 2 is 2.42 bits per heavy atom. The number of nitrogens with one attached hydrogen (secondary N) is 1. The van der Waals surface area contributed by atoms with Gasteiger partial charge in [-0.1, -0.05) is 36.4 Å². The number of halogens is 1. The highest BCUT2D eigenvalue weighted by molar-refractivity contribution is 9.11. The van der Waals surface area contributed by atoms with Crippen molar-refractivity contribution in [3.05, 3.63) is 11.1 Å². The summed E-state index contributed by atoms with van der Waals surface area (Å²) >= 11 is 3.32. The molecule has 1 rings (SSSR count). The first-order valence-corrected chi connectivity index (χ1v) is 4.96. The van der Waals surface area contributed by atoms with Crippen LogP contribution < -0.4 is 5.32 Å². The molecule has 0 aromatic rings. The second-order valence-electron chi connectivity index (χ2n) is 3.95. The average molecular weight is 234 g/mol. The minimum Gasteiger partial charge on any atom is -0.379 e. The van der Waals surface area contributed by atoms with E-state index in [4.69, 9.17) is 4.74 Å². The fourth-order valence-corrected chi connectivity index (χ4v) is 1.50. The van der Waals surface area contributed by atoms with E-state index in [2.05, 4.69) is 41.7 Å². The Morgan fingerprint density at radius 1 is 1.75 bits per heavy atom. The number of rotatable bonds is 3. The third-order valence-electron chi connectivity index (χ3n) is 2.24. The van der Waals surface area contributed by atoms with Crippen LogP contribution in [-0.4, -0.2) is 25.8 Å². The van der Waals surface area contributed by atoms with Crippen molar-refractivity contribution in [3.63, 3.8) is 0 Å². The van der Waals surface area contributed by atoms with Gasteiger partial charge in [0.05, 0.1) is 13.2 Å². The highest BCUT2D eigenvalue weighted by Crippen LogP contribution is 2.27. The van der Waals surface area contributed by atoms with E-state index in [0.29, 0.717) is 6.04 Å². The molecule has 0 saturated carbocycles. The summed E-state index contributed by atoms with van der Waals surface area (Å²) in [5.74, 6) is 0. The van der Waals surface area contributed by atoms with Crippen molar-refractivity contribution in [1.29, 1.82) is 0 Å². The fourth-order valence-electron chi connectivity index (χ4n) is 1.34. The molecule has 0 aromatic heterocycles. The molecule has 1 aliphatic rings. The number of ether oxygens (including phenoxy) is 1. The first-order valence-electron chi connectivity index (χ1n) is 4.17. The highest BCUT2D eigenvalue weighted by atomic mass is 79.9. The third-order valence-corrected chi connectivity index (χ3v) is 2.52. The van der Waals surface area contributed by atoms with Crippen LogP contribution in [0.3, 0.4) is 0 Å². The van der Waals surface area contributed by atoms with Crippen LogP contribution in [0.15, 0.2) is 11.1 Å². The Morgan fingerprint density at radius 3 is 2.83 bits per heavy atom. The van der Waals surface area contributed by atoms with E-state index < -0.39 is 0 Å². The lowest BCUT2D eigenvalue weighted by Gasteiger charge is -2.25. The normalized spacial score (nSPS) is 27.4. The predicted octanol–water partition coefficient (Wildman–Crippen LogP) is 1.91. The van der Waals surface area contributed by atoms with Gasteiger partial charge in [-0.25, -0.2) is 0 Å². The van der Waals surface area contributed by atoms with Crippen molar-refractivity contribution in [1.82, 2.24) is 5.32 Å². The molecule has 12 heavy (non-hydrogen) atoms. The van der Waals surface area contributed by atoms with Crippen LogP contribution in [0, 0.1) is 5.41 Å². The maximum atomic E-state index is 5.40. The van der Waals surface area contributed by atoms with E-state index in [1.54, 1.807) is 0 Å². The Labute approximate surface area is 82.5 Å². The van der Waals surface area contributed by atoms with Gasteiger partial charge in [0, 0.05) is 22.5 Å². The van der Waals surface area contributed by atoms with Gasteiger partial charge in [-0.05, 0) is 0 Å². The van der Waals surface area contributed by atoms with Crippen molar-refractivity contribution in [2.75, 3.05) is 19.8 Å². The van der Waals surface area contributed by atoms with Gasteiger partial charge in [0.1, 0.15) is 0 Å². The van der Waals surface area contributed by atoms with Gasteiger partial charge < -0.3 is 10.1 Å². The zero-order chi connectivity index (χ0) is 9.19. The van der Waals surface area contributed by atoms with Gasteiger partial charge in [0.15, 0.2) is 0 Å².